The number of carbonyl (C=O) groups is 1. The Kier molecular flexibility index (Phi) is 6.60. The van der Waals surface area contributed by atoms with E-state index in [1.807, 2.05) is 6.92 Å². The molecule has 1 aliphatic rings. The van der Waals surface area contributed by atoms with Gasteiger partial charge in [-0.25, -0.2) is 0 Å². The molecule has 0 aromatic carbocycles. The molecule has 0 bridgehead atoms. The largest absolute Gasteiger partial charge is 0.466 e. The van der Waals surface area contributed by atoms with Gasteiger partial charge in [0.05, 0.1) is 12.5 Å². The van der Waals surface area contributed by atoms with Crippen LogP contribution in [0.3, 0.4) is 0 Å². The molecule has 1 saturated carbocycles. The monoisotopic (exact) mass is 266 g/mol. The van der Waals surface area contributed by atoms with Gasteiger partial charge >= 0.3 is 5.97 Å². The van der Waals surface area contributed by atoms with E-state index in [1.54, 1.807) is 0 Å². The molecule has 19 heavy (non-hydrogen) atoms. The van der Waals surface area contributed by atoms with Gasteiger partial charge in [-0.1, -0.05) is 58.6 Å². The van der Waals surface area contributed by atoms with E-state index in [0.717, 1.165) is 6.42 Å². The molecule has 2 atom stereocenters. The Morgan fingerprint density at radius 2 is 1.84 bits per heavy atom. The maximum Gasteiger partial charge on any atom is 0.310 e. The summed E-state index contributed by atoms with van der Waals surface area (Å²) < 4.78 is 5.13. The highest BCUT2D eigenvalue weighted by atomic mass is 16.5. The van der Waals surface area contributed by atoms with E-state index in [0.29, 0.717) is 12.5 Å². The topological polar surface area (TPSA) is 26.3 Å². The average Bonchev–Trinajstić information content (AvgIpc) is 2.90. The highest BCUT2D eigenvalue weighted by Crippen LogP contribution is 2.59. The number of ether oxygens (including phenoxy) is 1. The molecule has 0 aromatic rings. The summed E-state index contributed by atoms with van der Waals surface area (Å²) in [6.07, 6.45) is 12.2. The number of allylic oxidation sites excluding steroid dienone is 2. The van der Waals surface area contributed by atoms with Crippen LogP contribution in [0.5, 0.6) is 0 Å². The molecule has 2 nitrogen and oxygen atoms in total. The first kappa shape index (κ1) is 16.3. The molecule has 1 fully saturated rings. The second kappa shape index (κ2) is 7.72. The van der Waals surface area contributed by atoms with Crippen molar-refractivity contribution in [3.05, 3.63) is 12.2 Å². The summed E-state index contributed by atoms with van der Waals surface area (Å²) in [5.41, 5.74) is 0.0883. The maximum absolute atomic E-state index is 11.8. The Balaban J connectivity index is 2.23. The second-order valence-electron chi connectivity index (χ2n) is 6.21. The van der Waals surface area contributed by atoms with Gasteiger partial charge in [-0.2, -0.15) is 0 Å². The number of unbranched alkanes of at least 4 members (excludes halogenated alkanes) is 5. The summed E-state index contributed by atoms with van der Waals surface area (Å²) in [6.45, 7) is 8.91. The Morgan fingerprint density at radius 1 is 1.16 bits per heavy atom. The van der Waals surface area contributed by atoms with Crippen LogP contribution in [0.25, 0.3) is 0 Å². The molecule has 2 heteroatoms. The third kappa shape index (κ3) is 4.67. The maximum atomic E-state index is 11.8. The Bertz CT molecular complexity index is 304. The minimum atomic E-state index is -0.0231. The van der Waals surface area contributed by atoms with Crippen LogP contribution in [-0.4, -0.2) is 12.6 Å². The van der Waals surface area contributed by atoms with Crippen molar-refractivity contribution in [3.63, 3.8) is 0 Å². The van der Waals surface area contributed by atoms with Crippen molar-refractivity contribution in [1.29, 1.82) is 0 Å². The van der Waals surface area contributed by atoms with Crippen molar-refractivity contribution in [1.82, 2.24) is 0 Å². The third-order valence-electron chi connectivity index (χ3n) is 4.27. The lowest BCUT2D eigenvalue weighted by atomic mass is 10.1. The van der Waals surface area contributed by atoms with Crippen molar-refractivity contribution >= 4 is 5.97 Å². The van der Waals surface area contributed by atoms with Crippen LogP contribution < -0.4 is 0 Å². The van der Waals surface area contributed by atoms with E-state index in [1.165, 1.54) is 32.1 Å². The van der Waals surface area contributed by atoms with E-state index in [-0.39, 0.29) is 17.3 Å². The van der Waals surface area contributed by atoms with Crippen LogP contribution in [0.4, 0.5) is 0 Å². The molecule has 0 aromatic heterocycles. The lowest BCUT2D eigenvalue weighted by molar-refractivity contribution is -0.145. The summed E-state index contributed by atoms with van der Waals surface area (Å²) in [4.78, 5) is 11.8. The number of rotatable bonds is 9. The van der Waals surface area contributed by atoms with E-state index in [9.17, 15) is 4.79 Å². The van der Waals surface area contributed by atoms with Gasteiger partial charge in [0.15, 0.2) is 0 Å². The van der Waals surface area contributed by atoms with Crippen LogP contribution >= 0.6 is 0 Å². The van der Waals surface area contributed by atoms with E-state index < -0.39 is 0 Å². The van der Waals surface area contributed by atoms with Crippen molar-refractivity contribution in [2.24, 2.45) is 17.3 Å². The lowest BCUT2D eigenvalue weighted by Crippen LogP contribution is -2.10. The molecule has 1 aliphatic carbocycles. The van der Waals surface area contributed by atoms with Crippen LogP contribution in [-0.2, 0) is 9.53 Å². The zero-order valence-corrected chi connectivity index (χ0v) is 13.1. The molecule has 2 unspecified atom stereocenters. The SMILES string of the molecule is CCCCCCCC=CC1C(C(=O)OCC)C1(C)C. The molecular weight excluding hydrogens is 236 g/mol. The fourth-order valence-corrected chi connectivity index (χ4v) is 2.83. The highest BCUT2D eigenvalue weighted by molar-refractivity contribution is 5.78. The lowest BCUT2D eigenvalue weighted by Gasteiger charge is -2.01. The summed E-state index contributed by atoms with van der Waals surface area (Å²) in [5, 5.41) is 0. The van der Waals surface area contributed by atoms with Gasteiger partial charge in [0.2, 0.25) is 0 Å². The van der Waals surface area contributed by atoms with Crippen molar-refractivity contribution in [2.45, 2.75) is 66.2 Å². The fourth-order valence-electron chi connectivity index (χ4n) is 2.83. The zero-order chi connectivity index (χ0) is 14.3. The molecule has 0 spiro atoms. The van der Waals surface area contributed by atoms with Crippen molar-refractivity contribution < 1.29 is 9.53 Å². The predicted octanol–water partition coefficient (Wildman–Crippen LogP) is 4.74. The van der Waals surface area contributed by atoms with Crippen molar-refractivity contribution in [3.8, 4) is 0 Å². The quantitative estimate of drug-likeness (QED) is 0.342. The number of carbonyl (C=O) groups excluding carboxylic acids is 1. The molecule has 1 rings (SSSR count). The zero-order valence-electron chi connectivity index (χ0n) is 13.1. The Labute approximate surface area is 118 Å². The first-order valence-corrected chi connectivity index (χ1v) is 7.89. The molecule has 0 aliphatic heterocycles. The van der Waals surface area contributed by atoms with Crippen LogP contribution in [0.1, 0.15) is 66.2 Å². The van der Waals surface area contributed by atoms with Gasteiger partial charge in [0.25, 0.3) is 0 Å². The van der Waals surface area contributed by atoms with Crippen molar-refractivity contribution in [2.75, 3.05) is 6.61 Å². The number of hydrogen-bond acceptors (Lipinski definition) is 2. The van der Waals surface area contributed by atoms with E-state index >= 15 is 0 Å². The summed E-state index contributed by atoms with van der Waals surface area (Å²) in [5.74, 6) is 0.427. The Morgan fingerprint density at radius 3 is 2.47 bits per heavy atom. The smallest absolute Gasteiger partial charge is 0.310 e. The molecule has 0 amide bonds. The summed E-state index contributed by atoms with van der Waals surface area (Å²) >= 11 is 0. The predicted molar refractivity (Wildman–Crippen MR) is 79.9 cm³/mol. The van der Waals surface area contributed by atoms with Crippen LogP contribution in [0, 0.1) is 17.3 Å². The molecule has 0 heterocycles. The summed E-state index contributed by atoms with van der Waals surface area (Å²) in [7, 11) is 0. The van der Waals surface area contributed by atoms with Gasteiger partial charge in [0, 0.05) is 0 Å². The van der Waals surface area contributed by atoms with Gasteiger partial charge in [-0.05, 0) is 31.1 Å². The molecule has 110 valence electrons. The fraction of sp³-hybridized carbons (Fsp3) is 0.824. The van der Waals surface area contributed by atoms with E-state index in [4.69, 9.17) is 4.74 Å². The van der Waals surface area contributed by atoms with Gasteiger partial charge in [0.1, 0.15) is 0 Å². The van der Waals surface area contributed by atoms with Crippen LogP contribution in [0.15, 0.2) is 12.2 Å². The molecule has 0 N–H and O–H groups in total. The van der Waals surface area contributed by atoms with Gasteiger partial charge in [-0.3, -0.25) is 4.79 Å². The van der Waals surface area contributed by atoms with Gasteiger partial charge in [-0.15, -0.1) is 0 Å². The first-order chi connectivity index (χ1) is 9.05. The minimum Gasteiger partial charge on any atom is -0.466 e. The van der Waals surface area contributed by atoms with Crippen LogP contribution in [0.2, 0.25) is 0 Å². The normalized spacial score (nSPS) is 24.6. The molecule has 0 radical (unpaired) electrons. The minimum absolute atomic E-state index is 0.0231. The Hall–Kier alpha value is -0.790. The average molecular weight is 266 g/mol. The summed E-state index contributed by atoms with van der Waals surface area (Å²) in [6, 6.07) is 0. The van der Waals surface area contributed by atoms with Gasteiger partial charge < -0.3 is 4.74 Å². The second-order valence-corrected chi connectivity index (χ2v) is 6.21. The third-order valence-corrected chi connectivity index (χ3v) is 4.27. The molecular formula is C17H30O2. The number of hydrogen-bond donors (Lipinski definition) is 0. The number of esters is 1. The van der Waals surface area contributed by atoms with E-state index in [2.05, 4.69) is 32.9 Å². The highest BCUT2D eigenvalue weighted by Gasteiger charge is 2.61. The standard InChI is InChI=1S/C17H30O2/c1-5-7-8-9-10-11-12-13-14-15(17(14,3)4)16(18)19-6-2/h12-15H,5-11H2,1-4H3. The molecule has 0 saturated heterocycles. The first-order valence-electron chi connectivity index (χ1n) is 7.89.